The molecule has 1 heterocycles. The minimum atomic E-state index is -4.57. The predicted molar refractivity (Wildman–Crippen MR) is 126 cm³/mol. The number of hydrogen-bond acceptors (Lipinski definition) is 5. The van der Waals surface area contributed by atoms with Crippen molar-refractivity contribution in [1.29, 1.82) is 0 Å². The molecule has 0 spiro atoms. The molecular weight excluding hydrogens is 489 g/mol. The first-order valence-corrected chi connectivity index (χ1v) is 11.5. The van der Waals surface area contributed by atoms with Crippen LogP contribution >= 0.6 is 23.4 Å². The normalized spacial score (nSPS) is 12.3. The highest BCUT2D eigenvalue weighted by Gasteiger charge is 2.33. The summed E-state index contributed by atoms with van der Waals surface area (Å²) in [7, 11) is 0. The van der Waals surface area contributed by atoms with Crippen LogP contribution < -0.4 is 10.1 Å². The third kappa shape index (κ3) is 6.32. The summed E-state index contributed by atoms with van der Waals surface area (Å²) >= 11 is 7.05. The molecule has 3 aromatic rings. The Labute approximate surface area is 204 Å². The number of anilines is 1. The molecule has 2 aromatic carbocycles. The fraction of sp³-hybridized carbons (Fsp3) is 0.261. The van der Waals surface area contributed by atoms with Crippen molar-refractivity contribution in [1.82, 2.24) is 14.8 Å². The second-order valence-electron chi connectivity index (χ2n) is 7.29. The molecule has 0 radical (unpaired) electrons. The van der Waals surface area contributed by atoms with Gasteiger partial charge in [0.2, 0.25) is 5.91 Å². The number of aromatic nitrogens is 3. The average molecular weight is 511 g/mol. The van der Waals surface area contributed by atoms with Crippen molar-refractivity contribution in [3.05, 3.63) is 77.1 Å². The van der Waals surface area contributed by atoms with Crippen LogP contribution in [0.15, 0.2) is 60.3 Å². The van der Waals surface area contributed by atoms with Gasteiger partial charge in [-0.25, -0.2) is 0 Å². The number of nitrogens with one attached hydrogen (secondary N) is 1. The van der Waals surface area contributed by atoms with E-state index in [1.54, 1.807) is 28.8 Å². The first kappa shape index (κ1) is 25.6. The predicted octanol–water partition coefficient (Wildman–Crippen LogP) is 6.32. The second-order valence-corrected chi connectivity index (χ2v) is 8.67. The van der Waals surface area contributed by atoms with Gasteiger partial charge in [-0.15, -0.1) is 16.8 Å². The molecule has 1 N–H and O–H groups in total. The number of halogens is 4. The van der Waals surface area contributed by atoms with Crippen LogP contribution in [0.5, 0.6) is 5.75 Å². The van der Waals surface area contributed by atoms with Crippen LogP contribution in [0.4, 0.5) is 18.9 Å². The lowest BCUT2D eigenvalue weighted by Gasteiger charge is -2.17. The SMILES string of the molecule is C=CCn1c(SCC(=O)Nc2ccccc2C(F)(F)F)nnc1C(C)Oc1ccc(Cl)cc1C. The topological polar surface area (TPSA) is 69.0 Å². The number of rotatable bonds is 9. The lowest BCUT2D eigenvalue weighted by Crippen LogP contribution is -2.18. The van der Waals surface area contributed by atoms with Crippen molar-refractivity contribution in [3.8, 4) is 5.75 Å². The largest absolute Gasteiger partial charge is 0.482 e. The molecule has 6 nitrogen and oxygen atoms in total. The molecule has 3 rings (SSSR count). The van der Waals surface area contributed by atoms with Crippen LogP contribution in [0.2, 0.25) is 5.02 Å². The van der Waals surface area contributed by atoms with Gasteiger partial charge in [-0.1, -0.05) is 41.6 Å². The highest BCUT2D eigenvalue weighted by Crippen LogP contribution is 2.35. The third-order valence-corrected chi connectivity index (χ3v) is 5.90. The number of para-hydroxylation sites is 1. The van der Waals surface area contributed by atoms with Gasteiger partial charge in [0.05, 0.1) is 17.0 Å². The van der Waals surface area contributed by atoms with Crippen LogP contribution in [-0.2, 0) is 17.5 Å². The molecule has 1 unspecified atom stereocenters. The summed E-state index contributed by atoms with van der Waals surface area (Å²) in [6.07, 6.45) is -3.40. The zero-order valence-electron chi connectivity index (χ0n) is 18.4. The maximum absolute atomic E-state index is 13.2. The molecule has 34 heavy (non-hydrogen) atoms. The molecule has 1 aromatic heterocycles. The Hall–Kier alpha value is -2.98. The maximum atomic E-state index is 13.2. The summed E-state index contributed by atoms with van der Waals surface area (Å²) in [6, 6.07) is 10.1. The van der Waals surface area contributed by atoms with Crippen LogP contribution in [0.1, 0.15) is 30.0 Å². The zero-order valence-corrected chi connectivity index (χ0v) is 20.0. The number of carbonyl (C=O) groups excluding carboxylic acids is 1. The van der Waals surface area contributed by atoms with Gasteiger partial charge in [0, 0.05) is 11.6 Å². The Morgan fingerprint density at radius 2 is 2.03 bits per heavy atom. The molecule has 0 aliphatic carbocycles. The fourth-order valence-corrected chi connectivity index (χ4v) is 4.13. The van der Waals surface area contributed by atoms with E-state index in [9.17, 15) is 18.0 Å². The van der Waals surface area contributed by atoms with Gasteiger partial charge in [0.15, 0.2) is 17.1 Å². The molecule has 0 bridgehead atoms. The van der Waals surface area contributed by atoms with Crippen molar-refractivity contribution in [2.45, 2.75) is 37.8 Å². The molecule has 0 saturated heterocycles. The molecule has 1 amide bonds. The van der Waals surface area contributed by atoms with E-state index in [0.29, 0.717) is 28.3 Å². The maximum Gasteiger partial charge on any atom is 0.418 e. The van der Waals surface area contributed by atoms with E-state index >= 15 is 0 Å². The van der Waals surface area contributed by atoms with E-state index in [1.807, 2.05) is 13.8 Å². The van der Waals surface area contributed by atoms with E-state index in [2.05, 4.69) is 22.1 Å². The van der Waals surface area contributed by atoms with Gasteiger partial charge in [-0.3, -0.25) is 9.36 Å². The summed E-state index contributed by atoms with van der Waals surface area (Å²) < 4.78 is 47.2. The smallest absolute Gasteiger partial charge is 0.418 e. The van der Waals surface area contributed by atoms with Crippen LogP contribution in [0.3, 0.4) is 0 Å². The number of alkyl halides is 3. The van der Waals surface area contributed by atoms with Gasteiger partial charge in [0.1, 0.15) is 5.75 Å². The molecule has 0 saturated carbocycles. The van der Waals surface area contributed by atoms with Gasteiger partial charge < -0.3 is 10.1 Å². The number of thioether (sulfide) groups is 1. The molecule has 11 heteroatoms. The Bertz CT molecular complexity index is 1180. The first-order valence-electron chi connectivity index (χ1n) is 10.2. The summed E-state index contributed by atoms with van der Waals surface area (Å²) in [5.41, 5.74) is -0.345. The molecule has 180 valence electrons. The lowest BCUT2D eigenvalue weighted by atomic mass is 10.1. The van der Waals surface area contributed by atoms with Crippen LogP contribution in [0, 0.1) is 6.92 Å². The van der Waals surface area contributed by atoms with Crippen LogP contribution in [0.25, 0.3) is 0 Å². The lowest BCUT2D eigenvalue weighted by molar-refractivity contribution is -0.137. The highest BCUT2D eigenvalue weighted by atomic mass is 35.5. The Morgan fingerprint density at radius 3 is 2.71 bits per heavy atom. The van der Waals surface area contributed by atoms with Crippen LogP contribution in [-0.4, -0.2) is 26.4 Å². The van der Waals surface area contributed by atoms with E-state index in [1.165, 1.54) is 18.2 Å². The van der Waals surface area contributed by atoms with E-state index < -0.39 is 23.8 Å². The standard InChI is InChI=1S/C23H22ClF3N4O2S/c1-4-11-31-21(15(3)33-19-10-9-16(24)12-14(19)2)29-30-22(31)34-13-20(32)28-18-8-6-5-7-17(18)23(25,26)27/h4-10,12,15H,1,11,13H2,2-3H3,(H,28,32). The highest BCUT2D eigenvalue weighted by molar-refractivity contribution is 7.99. The molecule has 0 aliphatic rings. The first-order chi connectivity index (χ1) is 16.1. The van der Waals surface area contributed by atoms with Gasteiger partial charge in [-0.2, -0.15) is 13.2 Å². The summed E-state index contributed by atoms with van der Waals surface area (Å²) in [5, 5.41) is 11.7. The number of benzene rings is 2. The van der Waals surface area contributed by atoms with Crippen molar-refractivity contribution in [2.24, 2.45) is 0 Å². The minimum absolute atomic E-state index is 0.160. The van der Waals surface area contributed by atoms with E-state index in [-0.39, 0.29) is 11.4 Å². The number of nitrogens with zero attached hydrogens (tertiary/aromatic N) is 3. The number of hydrogen-bond donors (Lipinski definition) is 1. The Balaban J connectivity index is 1.71. The van der Waals surface area contributed by atoms with Crippen molar-refractivity contribution >= 4 is 35.0 Å². The average Bonchev–Trinajstić information content (AvgIpc) is 3.17. The summed E-state index contributed by atoms with van der Waals surface area (Å²) in [4.78, 5) is 12.4. The Kier molecular flexibility index (Phi) is 8.27. The number of ether oxygens (including phenoxy) is 1. The van der Waals surface area contributed by atoms with Gasteiger partial charge in [0.25, 0.3) is 0 Å². The molecule has 0 fully saturated rings. The number of carbonyl (C=O) groups is 1. The third-order valence-electron chi connectivity index (χ3n) is 4.70. The van der Waals surface area contributed by atoms with Gasteiger partial charge >= 0.3 is 6.18 Å². The summed E-state index contributed by atoms with van der Waals surface area (Å²) in [6.45, 7) is 7.79. The second kappa shape index (κ2) is 11.0. The summed E-state index contributed by atoms with van der Waals surface area (Å²) in [5.74, 6) is 0.395. The number of amides is 1. The van der Waals surface area contributed by atoms with E-state index in [4.69, 9.17) is 16.3 Å². The van der Waals surface area contributed by atoms with Crippen molar-refractivity contribution in [3.63, 3.8) is 0 Å². The number of aryl methyl sites for hydroxylation is 1. The number of allylic oxidation sites excluding steroid dienone is 1. The monoisotopic (exact) mass is 510 g/mol. The molecular formula is C23H22ClF3N4O2S. The van der Waals surface area contributed by atoms with Gasteiger partial charge in [-0.05, 0) is 49.7 Å². The molecule has 1 atom stereocenters. The van der Waals surface area contributed by atoms with Crippen molar-refractivity contribution in [2.75, 3.05) is 11.1 Å². The minimum Gasteiger partial charge on any atom is -0.482 e. The molecule has 0 aliphatic heterocycles. The Morgan fingerprint density at radius 1 is 1.29 bits per heavy atom. The quantitative estimate of drug-likeness (QED) is 0.269. The van der Waals surface area contributed by atoms with E-state index in [0.717, 1.165) is 23.4 Å². The zero-order chi connectivity index (χ0) is 24.9. The fourth-order valence-electron chi connectivity index (χ4n) is 3.15. The van der Waals surface area contributed by atoms with Crippen molar-refractivity contribution < 1.29 is 22.7 Å².